The maximum atomic E-state index is 12.5. The molecule has 5 nitrogen and oxygen atoms in total. The van der Waals surface area contributed by atoms with Crippen LogP contribution >= 0.6 is 0 Å². The molecule has 146 valence electrons. The molecule has 0 bridgehead atoms. The van der Waals surface area contributed by atoms with E-state index in [-0.39, 0.29) is 24.5 Å². The Morgan fingerprint density at radius 1 is 0.893 bits per heavy atom. The number of Topliss-reactive ketones (excluding diaryl/α,β-unsaturated/α-hetero) is 1. The van der Waals surface area contributed by atoms with Gasteiger partial charge in [-0.2, -0.15) is 0 Å². The minimum absolute atomic E-state index is 0.0375. The SMILES string of the molecule is O=C(CCC(=O)N1CCC(c2ccccc2)CC1)c1ccc2c(c1)OCCO2. The highest BCUT2D eigenvalue weighted by Gasteiger charge is 2.24. The molecule has 0 unspecified atom stereocenters. The fraction of sp³-hybridized carbons (Fsp3) is 0.391. The van der Waals surface area contributed by atoms with E-state index >= 15 is 0 Å². The van der Waals surface area contributed by atoms with Crippen molar-refractivity contribution in [2.75, 3.05) is 26.3 Å². The second kappa shape index (κ2) is 8.46. The first-order chi connectivity index (χ1) is 13.7. The van der Waals surface area contributed by atoms with Gasteiger partial charge in [0.15, 0.2) is 17.3 Å². The molecule has 28 heavy (non-hydrogen) atoms. The van der Waals surface area contributed by atoms with E-state index in [0.29, 0.717) is 36.2 Å². The van der Waals surface area contributed by atoms with Gasteiger partial charge in [0, 0.05) is 31.5 Å². The fourth-order valence-corrected chi connectivity index (χ4v) is 3.93. The van der Waals surface area contributed by atoms with Crippen LogP contribution in [0, 0.1) is 0 Å². The van der Waals surface area contributed by atoms with E-state index in [1.54, 1.807) is 18.2 Å². The Morgan fingerprint density at radius 2 is 1.61 bits per heavy atom. The molecule has 2 aliphatic rings. The van der Waals surface area contributed by atoms with Gasteiger partial charge in [-0.25, -0.2) is 0 Å². The van der Waals surface area contributed by atoms with Crippen molar-refractivity contribution < 1.29 is 19.1 Å². The van der Waals surface area contributed by atoms with Crippen LogP contribution in [0.4, 0.5) is 0 Å². The summed E-state index contributed by atoms with van der Waals surface area (Å²) in [5, 5.41) is 0. The third-order valence-corrected chi connectivity index (χ3v) is 5.55. The first-order valence-electron chi connectivity index (χ1n) is 9.96. The van der Waals surface area contributed by atoms with Gasteiger partial charge in [-0.05, 0) is 42.5 Å². The largest absolute Gasteiger partial charge is 0.486 e. The van der Waals surface area contributed by atoms with Crippen molar-refractivity contribution in [3.63, 3.8) is 0 Å². The number of carbonyl (C=O) groups excluding carboxylic acids is 2. The molecular formula is C23H25NO4. The first-order valence-corrected chi connectivity index (χ1v) is 9.96. The van der Waals surface area contributed by atoms with E-state index in [2.05, 4.69) is 24.3 Å². The van der Waals surface area contributed by atoms with Crippen molar-refractivity contribution in [1.29, 1.82) is 0 Å². The number of piperidine rings is 1. The second-order valence-electron chi connectivity index (χ2n) is 7.35. The molecule has 1 fully saturated rings. The average Bonchev–Trinajstić information content (AvgIpc) is 2.77. The van der Waals surface area contributed by atoms with Gasteiger partial charge in [-0.3, -0.25) is 9.59 Å². The molecule has 4 rings (SSSR count). The normalized spacial score (nSPS) is 16.6. The minimum Gasteiger partial charge on any atom is -0.486 e. The van der Waals surface area contributed by atoms with Crippen LogP contribution < -0.4 is 9.47 Å². The van der Waals surface area contributed by atoms with E-state index in [1.807, 2.05) is 11.0 Å². The number of ketones is 1. The molecule has 2 aromatic rings. The van der Waals surface area contributed by atoms with Crippen molar-refractivity contribution in [3.05, 3.63) is 59.7 Å². The van der Waals surface area contributed by atoms with Crippen LogP contribution in [0.1, 0.15) is 47.5 Å². The topological polar surface area (TPSA) is 55.8 Å². The fourth-order valence-electron chi connectivity index (χ4n) is 3.93. The number of ether oxygens (including phenoxy) is 2. The molecule has 2 heterocycles. The number of amides is 1. The van der Waals surface area contributed by atoms with E-state index in [0.717, 1.165) is 25.9 Å². The summed E-state index contributed by atoms with van der Waals surface area (Å²) in [5.74, 6) is 1.82. The second-order valence-corrected chi connectivity index (χ2v) is 7.35. The van der Waals surface area contributed by atoms with Gasteiger partial charge in [-0.15, -0.1) is 0 Å². The highest BCUT2D eigenvalue weighted by atomic mass is 16.6. The molecule has 2 aliphatic heterocycles. The van der Waals surface area contributed by atoms with Gasteiger partial charge in [0.05, 0.1) is 0 Å². The standard InChI is InChI=1S/C23H25NO4/c25-20(19-6-8-21-22(16-19)28-15-14-27-21)7-9-23(26)24-12-10-18(11-13-24)17-4-2-1-3-5-17/h1-6,8,16,18H,7,9-15H2. The molecule has 0 atom stereocenters. The molecular weight excluding hydrogens is 354 g/mol. The Balaban J connectivity index is 1.27. The van der Waals surface area contributed by atoms with Crippen molar-refractivity contribution >= 4 is 11.7 Å². The van der Waals surface area contributed by atoms with Gasteiger partial charge >= 0.3 is 0 Å². The summed E-state index contributed by atoms with van der Waals surface area (Å²) in [6, 6.07) is 15.7. The first kappa shape index (κ1) is 18.5. The summed E-state index contributed by atoms with van der Waals surface area (Å²) in [7, 11) is 0. The average molecular weight is 379 g/mol. The smallest absolute Gasteiger partial charge is 0.223 e. The molecule has 0 aliphatic carbocycles. The lowest BCUT2D eigenvalue weighted by Crippen LogP contribution is -2.38. The molecule has 0 spiro atoms. The van der Waals surface area contributed by atoms with Gasteiger partial charge in [0.2, 0.25) is 5.91 Å². The molecule has 0 N–H and O–H groups in total. The number of benzene rings is 2. The van der Waals surface area contributed by atoms with E-state index in [9.17, 15) is 9.59 Å². The summed E-state index contributed by atoms with van der Waals surface area (Å²) < 4.78 is 11.0. The van der Waals surface area contributed by atoms with Gasteiger partial charge in [-0.1, -0.05) is 30.3 Å². The third kappa shape index (κ3) is 4.19. The Hall–Kier alpha value is -2.82. The molecule has 1 saturated heterocycles. The number of fused-ring (bicyclic) bond motifs is 1. The Morgan fingerprint density at radius 3 is 2.36 bits per heavy atom. The predicted octanol–water partition coefficient (Wildman–Crippen LogP) is 3.83. The monoisotopic (exact) mass is 379 g/mol. The third-order valence-electron chi connectivity index (χ3n) is 5.55. The number of likely N-dealkylation sites (tertiary alicyclic amines) is 1. The zero-order valence-electron chi connectivity index (χ0n) is 15.9. The summed E-state index contributed by atoms with van der Waals surface area (Å²) in [6.45, 7) is 2.53. The minimum atomic E-state index is -0.0375. The predicted molar refractivity (Wildman–Crippen MR) is 106 cm³/mol. The maximum Gasteiger partial charge on any atom is 0.223 e. The van der Waals surface area contributed by atoms with Crippen molar-refractivity contribution in [2.45, 2.75) is 31.6 Å². The zero-order valence-corrected chi connectivity index (χ0v) is 15.9. The molecule has 0 saturated carbocycles. The Labute approximate surface area is 165 Å². The summed E-state index contributed by atoms with van der Waals surface area (Å²) in [5.41, 5.74) is 1.92. The zero-order chi connectivity index (χ0) is 19.3. The van der Waals surface area contributed by atoms with Gasteiger partial charge in [0.1, 0.15) is 13.2 Å². The highest BCUT2D eigenvalue weighted by molar-refractivity contribution is 5.98. The lowest BCUT2D eigenvalue weighted by molar-refractivity contribution is -0.132. The summed E-state index contributed by atoms with van der Waals surface area (Å²) in [4.78, 5) is 26.9. The lowest BCUT2D eigenvalue weighted by atomic mass is 9.89. The highest BCUT2D eigenvalue weighted by Crippen LogP contribution is 2.31. The van der Waals surface area contributed by atoms with E-state index in [1.165, 1.54) is 5.56 Å². The number of hydrogen-bond acceptors (Lipinski definition) is 4. The van der Waals surface area contributed by atoms with Crippen LogP contribution in [0.15, 0.2) is 48.5 Å². The molecule has 0 aromatic heterocycles. The molecule has 1 amide bonds. The van der Waals surface area contributed by atoms with Crippen LogP contribution in [0.2, 0.25) is 0 Å². The molecule has 2 aromatic carbocycles. The van der Waals surface area contributed by atoms with E-state index in [4.69, 9.17) is 9.47 Å². The quantitative estimate of drug-likeness (QED) is 0.741. The lowest BCUT2D eigenvalue weighted by Gasteiger charge is -2.32. The summed E-state index contributed by atoms with van der Waals surface area (Å²) >= 11 is 0. The van der Waals surface area contributed by atoms with Crippen molar-refractivity contribution in [3.8, 4) is 11.5 Å². The number of rotatable bonds is 5. The summed E-state index contributed by atoms with van der Waals surface area (Å²) in [6.07, 6.45) is 2.43. The Kier molecular flexibility index (Phi) is 5.60. The van der Waals surface area contributed by atoms with Gasteiger partial charge < -0.3 is 14.4 Å². The van der Waals surface area contributed by atoms with Crippen LogP contribution in [-0.4, -0.2) is 42.9 Å². The van der Waals surface area contributed by atoms with Crippen LogP contribution in [0.3, 0.4) is 0 Å². The van der Waals surface area contributed by atoms with Crippen LogP contribution in [0.5, 0.6) is 11.5 Å². The van der Waals surface area contributed by atoms with Gasteiger partial charge in [0.25, 0.3) is 0 Å². The van der Waals surface area contributed by atoms with E-state index < -0.39 is 0 Å². The Bertz CT molecular complexity index is 841. The molecule has 0 radical (unpaired) electrons. The van der Waals surface area contributed by atoms with Crippen LogP contribution in [0.25, 0.3) is 0 Å². The van der Waals surface area contributed by atoms with Crippen molar-refractivity contribution in [1.82, 2.24) is 4.90 Å². The number of nitrogens with zero attached hydrogens (tertiary/aromatic N) is 1. The molecule has 5 heteroatoms. The number of hydrogen-bond donors (Lipinski definition) is 0. The van der Waals surface area contributed by atoms with Crippen LogP contribution in [-0.2, 0) is 4.79 Å². The van der Waals surface area contributed by atoms with Crippen molar-refractivity contribution in [2.24, 2.45) is 0 Å². The maximum absolute atomic E-state index is 12.5. The number of carbonyl (C=O) groups is 2.